The van der Waals surface area contributed by atoms with Crippen molar-refractivity contribution in [3.05, 3.63) is 69.4 Å². The number of rotatable bonds is 6. The summed E-state index contributed by atoms with van der Waals surface area (Å²) in [6, 6.07) is 11.2. The Morgan fingerprint density at radius 1 is 1.00 bits per heavy atom. The summed E-state index contributed by atoms with van der Waals surface area (Å²) < 4.78 is 5.07. The van der Waals surface area contributed by atoms with Crippen LogP contribution in [0.1, 0.15) is 22.3 Å². The van der Waals surface area contributed by atoms with Crippen LogP contribution in [-0.2, 0) is 14.3 Å². The van der Waals surface area contributed by atoms with E-state index in [2.05, 4.69) is 5.32 Å². The van der Waals surface area contributed by atoms with Gasteiger partial charge < -0.3 is 10.1 Å². The number of nitrogens with zero attached hydrogens (tertiary/aromatic N) is 1. The monoisotopic (exact) mass is 398 g/mol. The third-order valence-corrected chi connectivity index (χ3v) is 5.03. The van der Waals surface area contributed by atoms with Gasteiger partial charge in [0.2, 0.25) is 0 Å². The molecule has 0 unspecified atom stereocenters. The normalized spacial score (nSPS) is 14.2. The van der Waals surface area contributed by atoms with E-state index in [-0.39, 0.29) is 30.7 Å². The molecule has 146 valence electrons. The van der Waals surface area contributed by atoms with Crippen LogP contribution in [-0.4, -0.2) is 37.0 Å². The zero-order valence-corrected chi connectivity index (χ0v) is 17.2. The lowest BCUT2D eigenvalue weighted by Gasteiger charge is -2.15. The molecule has 3 rings (SSSR count). The first-order valence-electron chi connectivity index (χ1n) is 9.03. The van der Waals surface area contributed by atoms with Crippen molar-refractivity contribution >= 4 is 34.7 Å². The maximum Gasteiger partial charge on any atom is 0.278 e. The second kappa shape index (κ2) is 8.17. The number of aryl methyl sites for hydroxylation is 3. The summed E-state index contributed by atoms with van der Waals surface area (Å²) in [7, 11) is 1.54. The van der Waals surface area contributed by atoms with Crippen LogP contribution in [0.15, 0.2) is 42.1 Å². The fraction of sp³-hybridized carbons (Fsp3) is 0.273. The standard InChI is InChI=1S/C22H23ClN2O3/c1-13-5-8-17(15(3)11-13)19-20(22(27)25(21(19)26)9-10-28-4)24-18-12-16(23)7-6-14(18)2/h5-8,11-12,24H,9-10H2,1-4H3. The molecule has 0 fully saturated rings. The molecule has 1 aliphatic heterocycles. The number of hydrogen-bond donors (Lipinski definition) is 1. The van der Waals surface area contributed by atoms with E-state index in [0.29, 0.717) is 16.3 Å². The maximum absolute atomic E-state index is 13.1. The van der Waals surface area contributed by atoms with Crippen LogP contribution in [0.5, 0.6) is 0 Å². The molecule has 0 spiro atoms. The Kier molecular flexibility index (Phi) is 5.87. The van der Waals surface area contributed by atoms with Crippen LogP contribution in [0.3, 0.4) is 0 Å². The summed E-state index contributed by atoms with van der Waals surface area (Å²) >= 11 is 6.13. The average molecular weight is 399 g/mol. The average Bonchev–Trinajstić information content (AvgIpc) is 2.87. The number of imide groups is 1. The Morgan fingerprint density at radius 2 is 1.75 bits per heavy atom. The minimum absolute atomic E-state index is 0.197. The Morgan fingerprint density at radius 3 is 2.43 bits per heavy atom. The number of methoxy groups -OCH3 is 1. The summed E-state index contributed by atoms with van der Waals surface area (Å²) in [6.07, 6.45) is 0. The minimum atomic E-state index is -0.364. The van der Waals surface area contributed by atoms with Gasteiger partial charge in [-0.3, -0.25) is 14.5 Å². The van der Waals surface area contributed by atoms with E-state index in [4.69, 9.17) is 16.3 Å². The Labute approximate surface area is 169 Å². The quantitative estimate of drug-likeness (QED) is 0.744. The molecule has 0 bridgehead atoms. The molecule has 1 aliphatic rings. The number of hydrogen-bond acceptors (Lipinski definition) is 4. The molecule has 1 heterocycles. The van der Waals surface area contributed by atoms with E-state index in [1.807, 2.05) is 45.0 Å². The molecular formula is C22H23ClN2O3. The lowest BCUT2D eigenvalue weighted by molar-refractivity contribution is -0.137. The molecule has 2 aromatic rings. The van der Waals surface area contributed by atoms with Crippen molar-refractivity contribution in [1.82, 2.24) is 4.90 Å². The second-order valence-electron chi connectivity index (χ2n) is 6.91. The van der Waals surface area contributed by atoms with Gasteiger partial charge in [-0.25, -0.2) is 0 Å². The van der Waals surface area contributed by atoms with Crippen molar-refractivity contribution in [1.29, 1.82) is 0 Å². The van der Waals surface area contributed by atoms with Crippen LogP contribution in [0.2, 0.25) is 5.02 Å². The highest BCUT2D eigenvalue weighted by Gasteiger charge is 2.39. The lowest BCUT2D eigenvalue weighted by Crippen LogP contribution is -2.35. The van der Waals surface area contributed by atoms with E-state index in [0.717, 1.165) is 22.3 Å². The summed E-state index contributed by atoms with van der Waals surface area (Å²) in [6.45, 7) is 6.32. The van der Waals surface area contributed by atoms with Crippen LogP contribution < -0.4 is 5.32 Å². The van der Waals surface area contributed by atoms with Crippen LogP contribution in [0, 0.1) is 20.8 Å². The highest BCUT2D eigenvalue weighted by atomic mass is 35.5. The maximum atomic E-state index is 13.1. The van der Waals surface area contributed by atoms with E-state index in [9.17, 15) is 9.59 Å². The van der Waals surface area contributed by atoms with Gasteiger partial charge in [-0.05, 0) is 49.6 Å². The first-order valence-corrected chi connectivity index (χ1v) is 9.41. The smallest absolute Gasteiger partial charge is 0.278 e. The van der Waals surface area contributed by atoms with Crippen molar-refractivity contribution in [2.45, 2.75) is 20.8 Å². The van der Waals surface area contributed by atoms with Crippen LogP contribution >= 0.6 is 11.6 Å². The Hall–Kier alpha value is -2.63. The number of halogens is 1. The highest BCUT2D eigenvalue weighted by molar-refractivity contribution is 6.37. The van der Waals surface area contributed by atoms with Gasteiger partial charge in [-0.15, -0.1) is 0 Å². The van der Waals surface area contributed by atoms with Crippen molar-refractivity contribution < 1.29 is 14.3 Å². The number of benzene rings is 2. The van der Waals surface area contributed by atoms with Crippen molar-refractivity contribution in [3.8, 4) is 0 Å². The molecule has 0 atom stereocenters. The number of nitrogens with one attached hydrogen (secondary N) is 1. The predicted octanol–water partition coefficient (Wildman–Crippen LogP) is 4.10. The fourth-order valence-electron chi connectivity index (χ4n) is 3.29. The molecule has 5 nitrogen and oxygen atoms in total. The third-order valence-electron chi connectivity index (χ3n) is 4.80. The Bertz CT molecular complexity index is 982. The van der Waals surface area contributed by atoms with Gasteiger partial charge in [0.15, 0.2) is 0 Å². The zero-order chi connectivity index (χ0) is 20.4. The fourth-order valence-corrected chi connectivity index (χ4v) is 3.46. The zero-order valence-electron chi connectivity index (χ0n) is 16.4. The molecule has 0 radical (unpaired) electrons. The number of carbonyl (C=O) groups is 2. The van der Waals surface area contributed by atoms with Gasteiger partial charge >= 0.3 is 0 Å². The molecular weight excluding hydrogens is 376 g/mol. The molecule has 6 heteroatoms. The lowest BCUT2D eigenvalue weighted by atomic mass is 9.97. The van der Waals surface area contributed by atoms with Gasteiger partial charge in [0, 0.05) is 17.8 Å². The number of anilines is 1. The highest BCUT2D eigenvalue weighted by Crippen LogP contribution is 2.33. The largest absolute Gasteiger partial charge is 0.383 e. The molecule has 0 aromatic heterocycles. The van der Waals surface area contributed by atoms with E-state index >= 15 is 0 Å². The summed E-state index contributed by atoms with van der Waals surface area (Å²) in [4.78, 5) is 27.4. The van der Waals surface area contributed by atoms with E-state index in [1.54, 1.807) is 12.1 Å². The molecule has 28 heavy (non-hydrogen) atoms. The second-order valence-corrected chi connectivity index (χ2v) is 7.34. The van der Waals surface area contributed by atoms with Gasteiger partial charge in [0.25, 0.3) is 11.8 Å². The summed E-state index contributed by atoms with van der Waals surface area (Å²) in [5.41, 5.74) is 5.02. The molecule has 2 amide bonds. The third kappa shape index (κ3) is 3.81. The van der Waals surface area contributed by atoms with E-state index < -0.39 is 0 Å². The van der Waals surface area contributed by atoms with Gasteiger partial charge in [0.1, 0.15) is 5.70 Å². The van der Waals surface area contributed by atoms with Crippen molar-refractivity contribution in [2.24, 2.45) is 0 Å². The van der Waals surface area contributed by atoms with Crippen LogP contribution in [0.25, 0.3) is 5.57 Å². The molecule has 1 N–H and O–H groups in total. The van der Waals surface area contributed by atoms with Crippen molar-refractivity contribution in [2.75, 3.05) is 25.6 Å². The predicted molar refractivity (Wildman–Crippen MR) is 111 cm³/mol. The summed E-state index contributed by atoms with van der Waals surface area (Å²) in [5.74, 6) is -0.687. The topological polar surface area (TPSA) is 58.6 Å². The molecule has 0 saturated heterocycles. The van der Waals surface area contributed by atoms with Gasteiger partial charge in [-0.1, -0.05) is 41.4 Å². The molecule has 0 aliphatic carbocycles. The number of amides is 2. The van der Waals surface area contributed by atoms with E-state index in [1.165, 1.54) is 12.0 Å². The summed E-state index contributed by atoms with van der Waals surface area (Å²) in [5, 5.41) is 3.72. The van der Waals surface area contributed by atoms with Gasteiger partial charge in [-0.2, -0.15) is 0 Å². The number of carbonyl (C=O) groups excluding carboxylic acids is 2. The SMILES string of the molecule is COCCN1C(=O)C(Nc2cc(Cl)ccc2C)=C(c2ccc(C)cc2C)C1=O. The molecule has 2 aromatic carbocycles. The first kappa shape index (κ1) is 20.1. The number of ether oxygens (including phenoxy) is 1. The molecule has 0 saturated carbocycles. The minimum Gasteiger partial charge on any atom is -0.383 e. The van der Waals surface area contributed by atoms with Crippen LogP contribution in [0.4, 0.5) is 5.69 Å². The first-order chi connectivity index (χ1) is 13.3. The Balaban J connectivity index is 2.12. The van der Waals surface area contributed by atoms with Crippen molar-refractivity contribution in [3.63, 3.8) is 0 Å². The van der Waals surface area contributed by atoms with Gasteiger partial charge in [0.05, 0.1) is 18.7 Å².